The Morgan fingerprint density at radius 1 is 1.47 bits per heavy atom. The quantitative estimate of drug-likeness (QED) is 0.799. The van der Waals surface area contributed by atoms with Crippen molar-refractivity contribution in [1.82, 2.24) is 10.2 Å². The lowest BCUT2D eigenvalue weighted by Crippen LogP contribution is -2.55. The highest BCUT2D eigenvalue weighted by molar-refractivity contribution is 5.82. The molecule has 3 unspecified atom stereocenters. The van der Waals surface area contributed by atoms with Crippen LogP contribution in [-0.4, -0.2) is 41.5 Å². The second-order valence-electron chi connectivity index (χ2n) is 6.66. The van der Waals surface area contributed by atoms with E-state index >= 15 is 0 Å². The van der Waals surface area contributed by atoms with Crippen LogP contribution in [0.5, 0.6) is 0 Å². The molecule has 1 aliphatic rings. The molecule has 0 radical (unpaired) electrons. The lowest BCUT2D eigenvalue weighted by molar-refractivity contribution is -0.128. The van der Waals surface area contributed by atoms with Crippen LogP contribution >= 0.6 is 0 Å². The molecular weight excluding hydrogens is 238 g/mol. The van der Waals surface area contributed by atoms with Crippen molar-refractivity contribution >= 4 is 5.91 Å². The zero-order valence-corrected chi connectivity index (χ0v) is 13.2. The van der Waals surface area contributed by atoms with E-state index in [-0.39, 0.29) is 23.5 Å². The number of nitrogens with one attached hydrogen (secondary N) is 1. The summed E-state index contributed by atoms with van der Waals surface area (Å²) < 4.78 is 0. The van der Waals surface area contributed by atoms with Gasteiger partial charge in [0.1, 0.15) is 0 Å². The minimum absolute atomic E-state index is 0.0626. The van der Waals surface area contributed by atoms with Gasteiger partial charge in [-0.2, -0.15) is 0 Å². The molecule has 1 aliphatic heterocycles. The van der Waals surface area contributed by atoms with E-state index in [4.69, 9.17) is 5.73 Å². The van der Waals surface area contributed by atoms with Gasteiger partial charge in [0.2, 0.25) is 5.91 Å². The zero-order valence-electron chi connectivity index (χ0n) is 13.2. The molecule has 0 saturated carbocycles. The van der Waals surface area contributed by atoms with Crippen molar-refractivity contribution < 1.29 is 4.79 Å². The van der Waals surface area contributed by atoms with Crippen LogP contribution in [0.25, 0.3) is 0 Å². The Morgan fingerprint density at radius 2 is 2.11 bits per heavy atom. The van der Waals surface area contributed by atoms with Crippen molar-refractivity contribution in [3.05, 3.63) is 0 Å². The van der Waals surface area contributed by atoms with Gasteiger partial charge in [-0.3, -0.25) is 9.69 Å². The summed E-state index contributed by atoms with van der Waals surface area (Å²) in [4.78, 5) is 14.6. The third-order valence-electron chi connectivity index (χ3n) is 4.51. The Hall–Kier alpha value is -0.610. The molecule has 3 atom stereocenters. The van der Waals surface area contributed by atoms with Gasteiger partial charge in [0.15, 0.2) is 0 Å². The monoisotopic (exact) mass is 269 g/mol. The first-order chi connectivity index (χ1) is 8.76. The van der Waals surface area contributed by atoms with E-state index in [9.17, 15) is 4.79 Å². The maximum Gasteiger partial charge on any atom is 0.237 e. The number of carbonyl (C=O) groups is 1. The maximum atomic E-state index is 12.3. The standard InChI is InChI=1S/C15H31N3O/c1-6-15(4,5)17-14(19)12(3)18-9-7-8-13(10-18)11(2)16/h11-13H,6-10,16H2,1-5H3,(H,17,19). The van der Waals surface area contributed by atoms with Crippen molar-refractivity contribution in [2.45, 2.75) is 71.5 Å². The van der Waals surface area contributed by atoms with Crippen LogP contribution in [0.15, 0.2) is 0 Å². The average molecular weight is 269 g/mol. The van der Waals surface area contributed by atoms with Crippen molar-refractivity contribution in [2.75, 3.05) is 13.1 Å². The van der Waals surface area contributed by atoms with Crippen LogP contribution in [-0.2, 0) is 4.79 Å². The summed E-state index contributed by atoms with van der Waals surface area (Å²) >= 11 is 0. The van der Waals surface area contributed by atoms with Crippen LogP contribution in [0.3, 0.4) is 0 Å². The molecule has 4 nitrogen and oxygen atoms in total. The molecule has 1 fully saturated rings. The summed E-state index contributed by atoms with van der Waals surface area (Å²) in [6.07, 6.45) is 3.26. The van der Waals surface area contributed by atoms with Gasteiger partial charge in [-0.1, -0.05) is 6.92 Å². The summed E-state index contributed by atoms with van der Waals surface area (Å²) in [6, 6.07) is 0.150. The molecule has 0 aromatic carbocycles. The molecule has 0 bridgehead atoms. The molecule has 0 aliphatic carbocycles. The number of rotatable bonds is 5. The smallest absolute Gasteiger partial charge is 0.237 e. The molecule has 19 heavy (non-hydrogen) atoms. The van der Waals surface area contributed by atoms with Gasteiger partial charge >= 0.3 is 0 Å². The van der Waals surface area contributed by atoms with Gasteiger partial charge in [-0.15, -0.1) is 0 Å². The van der Waals surface area contributed by atoms with Gasteiger partial charge in [0.25, 0.3) is 0 Å². The molecule has 0 spiro atoms. The first kappa shape index (κ1) is 16.4. The second kappa shape index (κ2) is 6.71. The van der Waals surface area contributed by atoms with E-state index < -0.39 is 0 Å². The molecule has 1 rings (SSSR count). The lowest BCUT2D eigenvalue weighted by atomic mass is 9.91. The fourth-order valence-electron chi connectivity index (χ4n) is 2.51. The normalized spacial score (nSPS) is 24.8. The topological polar surface area (TPSA) is 58.4 Å². The van der Waals surface area contributed by atoms with E-state index in [1.54, 1.807) is 0 Å². The molecule has 1 saturated heterocycles. The predicted molar refractivity (Wildman–Crippen MR) is 79.9 cm³/mol. The number of carbonyl (C=O) groups excluding carboxylic acids is 1. The fourth-order valence-corrected chi connectivity index (χ4v) is 2.51. The van der Waals surface area contributed by atoms with E-state index in [1.165, 1.54) is 6.42 Å². The molecule has 1 amide bonds. The maximum absolute atomic E-state index is 12.3. The largest absolute Gasteiger partial charge is 0.350 e. The van der Waals surface area contributed by atoms with Gasteiger partial charge in [-0.25, -0.2) is 0 Å². The van der Waals surface area contributed by atoms with Crippen molar-refractivity contribution in [1.29, 1.82) is 0 Å². The minimum atomic E-state index is -0.123. The molecule has 3 N–H and O–H groups in total. The Balaban J connectivity index is 2.56. The van der Waals surface area contributed by atoms with Crippen LogP contribution in [0.2, 0.25) is 0 Å². The van der Waals surface area contributed by atoms with Crippen LogP contribution in [0.4, 0.5) is 0 Å². The highest BCUT2D eigenvalue weighted by atomic mass is 16.2. The number of hydrogen-bond acceptors (Lipinski definition) is 3. The fraction of sp³-hybridized carbons (Fsp3) is 0.933. The molecule has 0 aromatic rings. The van der Waals surface area contributed by atoms with Crippen LogP contribution in [0, 0.1) is 5.92 Å². The van der Waals surface area contributed by atoms with Gasteiger partial charge in [0.05, 0.1) is 6.04 Å². The summed E-state index contributed by atoms with van der Waals surface area (Å²) in [6.45, 7) is 12.3. The summed E-state index contributed by atoms with van der Waals surface area (Å²) in [5.41, 5.74) is 5.88. The van der Waals surface area contributed by atoms with Gasteiger partial charge in [-0.05, 0) is 59.4 Å². The number of amides is 1. The molecular formula is C15H31N3O. The van der Waals surface area contributed by atoms with Crippen LogP contribution < -0.4 is 11.1 Å². The second-order valence-corrected chi connectivity index (χ2v) is 6.66. The Labute approximate surface area is 118 Å². The lowest BCUT2D eigenvalue weighted by Gasteiger charge is -2.38. The van der Waals surface area contributed by atoms with Crippen molar-refractivity contribution in [3.8, 4) is 0 Å². The molecule has 1 heterocycles. The number of nitrogens with two attached hydrogens (primary N) is 1. The Bertz CT molecular complexity index is 302. The first-order valence-corrected chi connectivity index (χ1v) is 7.58. The van der Waals surface area contributed by atoms with E-state index in [2.05, 4.69) is 37.9 Å². The molecule has 0 aromatic heterocycles. The van der Waals surface area contributed by atoms with E-state index in [1.807, 2.05) is 6.92 Å². The SMILES string of the molecule is CCC(C)(C)NC(=O)C(C)N1CCCC(C(C)N)C1. The first-order valence-electron chi connectivity index (χ1n) is 7.58. The Kier molecular flexibility index (Phi) is 5.81. The summed E-state index contributed by atoms with van der Waals surface area (Å²) in [7, 11) is 0. The number of likely N-dealkylation sites (tertiary alicyclic amines) is 1. The summed E-state index contributed by atoms with van der Waals surface area (Å²) in [5, 5.41) is 3.14. The number of hydrogen-bond donors (Lipinski definition) is 2. The highest BCUT2D eigenvalue weighted by Crippen LogP contribution is 2.21. The summed E-state index contributed by atoms with van der Waals surface area (Å²) in [5.74, 6) is 0.653. The van der Waals surface area contributed by atoms with Crippen molar-refractivity contribution in [2.24, 2.45) is 11.7 Å². The average Bonchev–Trinajstić information content (AvgIpc) is 2.37. The highest BCUT2D eigenvalue weighted by Gasteiger charge is 2.30. The van der Waals surface area contributed by atoms with Gasteiger partial charge in [0, 0.05) is 18.1 Å². The molecule has 4 heteroatoms. The minimum Gasteiger partial charge on any atom is -0.350 e. The predicted octanol–water partition coefficient (Wildman–Crippen LogP) is 1.74. The number of nitrogens with zero attached hydrogens (tertiary/aromatic N) is 1. The Morgan fingerprint density at radius 3 is 2.63 bits per heavy atom. The van der Waals surface area contributed by atoms with Crippen LogP contribution in [0.1, 0.15) is 53.9 Å². The third-order valence-corrected chi connectivity index (χ3v) is 4.51. The third kappa shape index (κ3) is 4.77. The van der Waals surface area contributed by atoms with Gasteiger partial charge < -0.3 is 11.1 Å². The molecule has 112 valence electrons. The van der Waals surface area contributed by atoms with E-state index in [0.29, 0.717) is 5.92 Å². The zero-order chi connectivity index (χ0) is 14.6. The van der Waals surface area contributed by atoms with Crippen molar-refractivity contribution in [3.63, 3.8) is 0 Å². The number of piperidine rings is 1. The van der Waals surface area contributed by atoms with E-state index in [0.717, 1.165) is 25.9 Å².